The Bertz CT molecular complexity index is 952. The van der Waals surface area contributed by atoms with E-state index in [0.29, 0.717) is 17.3 Å². The third kappa shape index (κ3) is 3.27. The number of hydrogen-bond donors (Lipinski definition) is 2. The minimum absolute atomic E-state index is 0.00145. The molecule has 3 heterocycles. The number of aromatic amines is 2. The molecule has 0 spiro atoms. The zero-order valence-electron chi connectivity index (χ0n) is 13.5. The van der Waals surface area contributed by atoms with Crippen molar-refractivity contribution in [3.8, 4) is 0 Å². The molecule has 1 unspecified atom stereocenters. The monoisotopic (exact) mass is 358 g/mol. The van der Waals surface area contributed by atoms with E-state index >= 15 is 0 Å². The average Bonchev–Trinajstić information content (AvgIpc) is 3.35. The van der Waals surface area contributed by atoms with Gasteiger partial charge in [0.1, 0.15) is 0 Å². The highest BCUT2D eigenvalue weighted by Gasteiger charge is 2.20. The highest BCUT2D eigenvalue weighted by atomic mass is 32.2. The standard InChI is InChI=1S/C17H18N4O3S/c22-15(13-8-18-14-6-2-1-5-12(13)14)10-25-17-20-19-16(23)21(17)9-11-4-3-7-24-11/h1-2,5-6,8,11,18H,3-4,7,9-10H2,(H,19,23). The summed E-state index contributed by atoms with van der Waals surface area (Å²) in [5, 5.41) is 7.94. The third-order valence-corrected chi connectivity index (χ3v) is 5.33. The molecule has 2 N–H and O–H groups in total. The van der Waals surface area contributed by atoms with Gasteiger partial charge in [-0.15, -0.1) is 5.10 Å². The van der Waals surface area contributed by atoms with Gasteiger partial charge in [0.15, 0.2) is 10.9 Å². The maximum Gasteiger partial charge on any atom is 0.344 e. The molecule has 1 aliphatic rings. The zero-order valence-corrected chi connectivity index (χ0v) is 14.3. The Morgan fingerprint density at radius 2 is 2.28 bits per heavy atom. The maximum absolute atomic E-state index is 12.6. The Morgan fingerprint density at radius 3 is 3.12 bits per heavy atom. The smallest absolute Gasteiger partial charge is 0.344 e. The fraction of sp³-hybridized carbons (Fsp3) is 0.353. The summed E-state index contributed by atoms with van der Waals surface area (Å²) in [4.78, 5) is 27.6. The van der Waals surface area contributed by atoms with E-state index in [-0.39, 0.29) is 23.3 Å². The Morgan fingerprint density at radius 1 is 1.40 bits per heavy atom. The molecule has 130 valence electrons. The number of carbonyl (C=O) groups excluding carboxylic acids is 1. The van der Waals surface area contributed by atoms with Crippen LogP contribution in [-0.2, 0) is 11.3 Å². The van der Waals surface area contributed by atoms with Gasteiger partial charge in [-0.1, -0.05) is 30.0 Å². The summed E-state index contributed by atoms with van der Waals surface area (Å²) in [5.41, 5.74) is 1.33. The molecule has 0 amide bonds. The second kappa shape index (κ2) is 6.89. The van der Waals surface area contributed by atoms with Crippen LogP contribution < -0.4 is 5.69 Å². The first-order valence-electron chi connectivity index (χ1n) is 8.21. The van der Waals surface area contributed by atoms with Gasteiger partial charge in [0.05, 0.1) is 18.4 Å². The topological polar surface area (TPSA) is 92.8 Å². The van der Waals surface area contributed by atoms with Crippen LogP contribution in [0, 0.1) is 0 Å². The molecule has 0 bridgehead atoms. The third-order valence-electron chi connectivity index (χ3n) is 4.36. The van der Waals surface area contributed by atoms with Crippen molar-refractivity contribution in [2.24, 2.45) is 0 Å². The van der Waals surface area contributed by atoms with Crippen LogP contribution in [0.3, 0.4) is 0 Å². The van der Waals surface area contributed by atoms with Crippen molar-refractivity contribution in [3.63, 3.8) is 0 Å². The quantitative estimate of drug-likeness (QED) is 0.521. The lowest BCUT2D eigenvalue weighted by atomic mass is 10.1. The van der Waals surface area contributed by atoms with Crippen molar-refractivity contribution < 1.29 is 9.53 Å². The molecule has 2 aromatic heterocycles. The molecule has 4 rings (SSSR count). The van der Waals surface area contributed by atoms with Gasteiger partial charge in [0, 0.05) is 29.3 Å². The van der Waals surface area contributed by atoms with E-state index < -0.39 is 0 Å². The summed E-state index contributed by atoms with van der Waals surface area (Å²) in [6.45, 7) is 1.21. The minimum atomic E-state index is -0.266. The normalized spacial score (nSPS) is 17.4. The number of ketones is 1. The van der Waals surface area contributed by atoms with Gasteiger partial charge in [-0.05, 0) is 18.9 Å². The van der Waals surface area contributed by atoms with Crippen LogP contribution >= 0.6 is 11.8 Å². The van der Waals surface area contributed by atoms with Crippen molar-refractivity contribution in [3.05, 3.63) is 46.5 Å². The average molecular weight is 358 g/mol. The second-order valence-electron chi connectivity index (χ2n) is 6.02. The van der Waals surface area contributed by atoms with Gasteiger partial charge in [-0.25, -0.2) is 9.89 Å². The summed E-state index contributed by atoms with van der Waals surface area (Å²) in [5.74, 6) is 0.221. The van der Waals surface area contributed by atoms with Crippen molar-refractivity contribution in [2.75, 3.05) is 12.4 Å². The number of carbonyl (C=O) groups is 1. The Balaban J connectivity index is 1.48. The molecule has 0 radical (unpaired) electrons. The Hall–Kier alpha value is -2.32. The maximum atomic E-state index is 12.6. The molecular formula is C17H18N4O3S. The summed E-state index contributed by atoms with van der Waals surface area (Å²) in [7, 11) is 0. The summed E-state index contributed by atoms with van der Waals surface area (Å²) < 4.78 is 7.15. The molecule has 1 fully saturated rings. The fourth-order valence-corrected chi connectivity index (χ4v) is 3.92. The lowest BCUT2D eigenvalue weighted by molar-refractivity contribution is 0.0941. The fourth-order valence-electron chi connectivity index (χ4n) is 3.08. The van der Waals surface area contributed by atoms with E-state index in [1.165, 1.54) is 11.8 Å². The van der Waals surface area contributed by atoms with Crippen LogP contribution in [0.4, 0.5) is 0 Å². The van der Waals surface area contributed by atoms with E-state index in [1.807, 2.05) is 24.3 Å². The number of para-hydroxylation sites is 1. The van der Waals surface area contributed by atoms with E-state index in [1.54, 1.807) is 10.8 Å². The lowest BCUT2D eigenvalue weighted by Crippen LogP contribution is -2.25. The number of ether oxygens (including phenoxy) is 1. The van der Waals surface area contributed by atoms with E-state index in [4.69, 9.17) is 4.74 Å². The number of fused-ring (bicyclic) bond motifs is 1. The van der Waals surface area contributed by atoms with Gasteiger partial charge in [-0.2, -0.15) is 0 Å². The van der Waals surface area contributed by atoms with E-state index in [2.05, 4.69) is 15.2 Å². The number of hydrogen-bond acceptors (Lipinski definition) is 5. The van der Waals surface area contributed by atoms with Gasteiger partial charge in [0.25, 0.3) is 0 Å². The van der Waals surface area contributed by atoms with Crippen LogP contribution in [0.25, 0.3) is 10.9 Å². The molecular weight excluding hydrogens is 340 g/mol. The second-order valence-corrected chi connectivity index (χ2v) is 6.96. The zero-order chi connectivity index (χ0) is 17.2. The summed E-state index contributed by atoms with van der Waals surface area (Å²) in [6, 6.07) is 7.69. The minimum Gasteiger partial charge on any atom is -0.376 e. The number of thioether (sulfide) groups is 1. The molecule has 0 saturated carbocycles. The molecule has 1 aromatic carbocycles. The summed E-state index contributed by atoms with van der Waals surface area (Å²) >= 11 is 1.27. The van der Waals surface area contributed by atoms with Crippen LogP contribution in [0.1, 0.15) is 23.2 Å². The number of Topliss-reactive ketones (excluding diaryl/α,β-unsaturated/α-hetero) is 1. The Labute approximate surface area is 147 Å². The highest BCUT2D eigenvalue weighted by molar-refractivity contribution is 7.99. The van der Waals surface area contributed by atoms with Crippen LogP contribution in [0.2, 0.25) is 0 Å². The van der Waals surface area contributed by atoms with E-state index in [9.17, 15) is 9.59 Å². The molecule has 25 heavy (non-hydrogen) atoms. The SMILES string of the molecule is O=C(CSc1n[nH]c(=O)n1CC1CCCO1)c1c[nH]c2ccccc12. The van der Waals surface area contributed by atoms with Crippen molar-refractivity contribution in [1.29, 1.82) is 0 Å². The van der Waals surface area contributed by atoms with Gasteiger partial charge < -0.3 is 9.72 Å². The number of nitrogens with zero attached hydrogens (tertiary/aromatic N) is 2. The molecule has 0 aliphatic carbocycles. The van der Waals surface area contributed by atoms with E-state index in [0.717, 1.165) is 30.4 Å². The number of H-pyrrole nitrogens is 2. The van der Waals surface area contributed by atoms with Gasteiger partial charge in [-0.3, -0.25) is 9.36 Å². The molecule has 1 atom stereocenters. The predicted octanol–water partition coefficient (Wildman–Crippen LogP) is 2.21. The van der Waals surface area contributed by atoms with Gasteiger partial charge in [0.2, 0.25) is 0 Å². The number of benzene rings is 1. The first-order chi connectivity index (χ1) is 12.2. The number of nitrogens with one attached hydrogen (secondary N) is 2. The van der Waals surface area contributed by atoms with Gasteiger partial charge >= 0.3 is 5.69 Å². The predicted molar refractivity (Wildman–Crippen MR) is 95.2 cm³/mol. The lowest BCUT2D eigenvalue weighted by Gasteiger charge is -2.10. The number of rotatable bonds is 6. The summed E-state index contributed by atoms with van der Waals surface area (Å²) in [6.07, 6.45) is 3.73. The van der Waals surface area contributed by atoms with Crippen LogP contribution in [-0.4, -0.2) is 44.0 Å². The highest BCUT2D eigenvalue weighted by Crippen LogP contribution is 2.22. The molecule has 3 aromatic rings. The Kier molecular flexibility index (Phi) is 4.46. The first kappa shape index (κ1) is 16.2. The molecule has 7 nitrogen and oxygen atoms in total. The largest absolute Gasteiger partial charge is 0.376 e. The van der Waals surface area contributed by atoms with Crippen LogP contribution in [0.5, 0.6) is 0 Å². The number of aromatic nitrogens is 4. The molecule has 1 saturated heterocycles. The van der Waals surface area contributed by atoms with Crippen molar-refractivity contribution >= 4 is 28.4 Å². The first-order valence-corrected chi connectivity index (χ1v) is 9.20. The molecule has 8 heteroatoms. The van der Waals surface area contributed by atoms with Crippen molar-refractivity contribution in [1.82, 2.24) is 19.7 Å². The van der Waals surface area contributed by atoms with Crippen LogP contribution in [0.15, 0.2) is 40.4 Å². The molecule has 1 aliphatic heterocycles. The van der Waals surface area contributed by atoms with Crippen molar-refractivity contribution in [2.45, 2.75) is 30.6 Å².